The van der Waals surface area contributed by atoms with Crippen LogP contribution in [0.1, 0.15) is 155 Å². The van der Waals surface area contributed by atoms with Crippen molar-refractivity contribution in [2.45, 2.75) is 161 Å². The number of Topliss-reactive ketones (excluding diaryl/α,β-unsaturated/α-hetero) is 1. The predicted molar refractivity (Wildman–Crippen MR) is 151 cm³/mol. The molecular formula is C31H64ClNO2. The van der Waals surface area contributed by atoms with Crippen LogP contribution in [0.3, 0.4) is 0 Å². The Morgan fingerprint density at radius 1 is 0.571 bits per heavy atom. The number of carbonyl (C=O) groups excluding carboxylic acids is 1. The molecule has 0 aliphatic rings. The molecule has 0 aliphatic carbocycles. The fraction of sp³-hybridized carbons (Fsp3) is 0.968. The molecular weight excluding hydrogens is 454 g/mol. The molecule has 0 radical (unpaired) electrons. The number of nitrogens with zero attached hydrogens (tertiary/aromatic N) is 1. The lowest BCUT2D eigenvalue weighted by atomic mass is 10.0. The predicted octanol–water partition coefficient (Wildman–Crippen LogP) is 6.27. The van der Waals surface area contributed by atoms with E-state index in [-0.39, 0.29) is 18.5 Å². The average Bonchev–Trinajstić information content (AvgIpc) is 2.79. The lowest BCUT2D eigenvalue weighted by Crippen LogP contribution is -3.00. The van der Waals surface area contributed by atoms with Crippen LogP contribution in [0, 0.1) is 0 Å². The topological polar surface area (TPSA) is 26.3 Å². The first-order valence-corrected chi connectivity index (χ1v) is 15.4. The molecule has 0 amide bonds. The summed E-state index contributed by atoms with van der Waals surface area (Å²) in [6, 6.07) is 0. The van der Waals surface area contributed by atoms with E-state index in [0.29, 0.717) is 12.2 Å². The van der Waals surface area contributed by atoms with Gasteiger partial charge in [0.15, 0.2) is 11.9 Å². The van der Waals surface area contributed by atoms with Crippen molar-refractivity contribution in [3.05, 3.63) is 0 Å². The molecule has 35 heavy (non-hydrogen) atoms. The van der Waals surface area contributed by atoms with Crippen molar-refractivity contribution in [1.29, 1.82) is 0 Å². The fourth-order valence-corrected chi connectivity index (χ4v) is 4.68. The Hall–Kier alpha value is -0.120. The van der Waals surface area contributed by atoms with Gasteiger partial charge in [-0.3, -0.25) is 4.79 Å². The highest BCUT2D eigenvalue weighted by molar-refractivity contribution is 5.83. The van der Waals surface area contributed by atoms with Gasteiger partial charge in [0, 0.05) is 13.0 Å². The number of rotatable bonds is 27. The molecule has 3 nitrogen and oxygen atoms in total. The van der Waals surface area contributed by atoms with Gasteiger partial charge in [0.2, 0.25) is 0 Å². The van der Waals surface area contributed by atoms with Gasteiger partial charge in [0.05, 0.1) is 21.1 Å². The molecule has 0 aliphatic heterocycles. The summed E-state index contributed by atoms with van der Waals surface area (Å²) in [5.74, 6) is 0.329. The van der Waals surface area contributed by atoms with E-state index in [1.165, 1.54) is 122 Å². The maximum atomic E-state index is 12.8. The fourth-order valence-electron chi connectivity index (χ4n) is 4.68. The lowest BCUT2D eigenvalue weighted by Gasteiger charge is -2.28. The highest BCUT2D eigenvalue weighted by Gasteiger charge is 2.25. The van der Waals surface area contributed by atoms with Crippen molar-refractivity contribution >= 4 is 5.78 Å². The van der Waals surface area contributed by atoms with Crippen molar-refractivity contribution in [1.82, 2.24) is 0 Å². The van der Waals surface area contributed by atoms with Gasteiger partial charge in [0.1, 0.15) is 6.54 Å². The summed E-state index contributed by atoms with van der Waals surface area (Å²) in [5.41, 5.74) is 0. The minimum atomic E-state index is -0.221. The summed E-state index contributed by atoms with van der Waals surface area (Å²) in [6.45, 7) is 6.08. The normalized spacial score (nSPS) is 12.5. The van der Waals surface area contributed by atoms with Crippen molar-refractivity contribution < 1.29 is 26.4 Å². The van der Waals surface area contributed by atoms with Crippen LogP contribution >= 0.6 is 0 Å². The van der Waals surface area contributed by atoms with Crippen molar-refractivity contribution in [3.8, 4) is 0 Å². The summed E-state index contributed by atoms with van der Waals surface area (Å²) >= 11 is 0. The molecule has 0 fully saturated rings. The molecule has 0 aromatic carbocycles. The van der Waals surface area contributed by atoms with E-state index in [0.717, 1.165) is 30.5 Å². The molecule has 0 spiro atoms. The molecule has 0 bridgehead atoms. The number of carbonyl (C=O) groups is 1. The van der Waals surface area contributed by atoms with Crippen LogP contribution in [0.4, 0.5) is 0 Å². The lowest BCUT2D eigenvalue weighted by molar-refractivity contribution is -0.872. The number of ketones is 1. The van der Waals surface area contributed by atoms with Gasteiger partial charge in [0.25, 0.3) is 0 Å². The Morgan fingerprint density at radius 2 is 0.914 bits per heavy atom. The van der Waals surface area contributed by atoms with E-state index >= 15 is 0 Å². The SMILES string of the molecule is CCCCCCCCCCCCCCOC(C[N+](C)(C)C)C(=O)CCCCCCCCCCC.[Cl-]. The van der Waals surface area contributed by atoms with Gasteiger partial charge in [-0.2, -0.15) is 0 Å². The molecule has 1 atom stereocenters. The van der Waals surface area contributed by atoms with E-state index in [1.807, 2.05) is 0 Å². The zero-order chi connectivity index (χ0) is 25.3. The van der Waals surface area contributed by atoms with E-state index in [4.69, 9.17) is 4.74 Å². The minimum absolute atomic E-state index is 0. The highest BCUT2D eigenvalue weighted by Crippen LogP contribution is 2.14. The molecule has 0 aromatic rings. The second-order valence-corrected chi connectivity index (χ2v) is 11.8. The van der Waals surface area contributed by atoms with Gasteiger partial charge < -0.3 is 21.6 Å². The number of quaternary nitrogens is 1. The molecule has 0 heterocycles. The van der Waals surface area contributed by atoms with Crippen LogP contribution < -0.4 is 12.4 Å². The minimum Gasteiger partial charge on any atom is -1.00 e. The number of ether oxygens (including phenoxy) is 1. The number of hydrogen-bond acceptors (Lipinski definition) is 2. The Balaban J connectivity index is 0. The maximum absolute atomic E-state index is 12.8. The van der Waals surface area contributed by atoms with E-state index in [9.17, 15) is 4.79 Å². The van der Waals surface area contributed by atoms with Gasteiger partial charge >= 0.3 is 0 Å². The van der Waals surface area contributed by atoms with Crippen LogP contribution in [-0.4, -0.2) is 50.7 Å². The summed E-state index contributed by atoms with van der Waals surface area (Å²) in [4.78, 5) is 12.8. The average molecular weight is 518 g/mol. The molecule has 0 aromatic heterocycles. The number of likely N-dealkylation sites (N-methyl/N-ethyl adjacent to an activating group) is 1. The largest absolute Gasteiger partial charge is 1.00 e. The van der Waals surface area contributed by atoms with Crippen LogP contribution in [0.25, 0.3) is 0 Å². The quantitative estimate of drug-likeness (QED) is 0.0947. The molecule has 0 saturated heterocycles. The van der Waals surface area contributed by atoms with Crippen molar-refractivity contribution in [2.24, 2.45) is 0 Å². The number of halogens is 1. The first-order valence-electron chi connectivity index (χ1n) is 15.4. The standard InChI is InChI=1S/C31H64NO2.ClH/c1-6-8-10-12-14-16-17-18-20-22-24-26-28-34-31(29-32(3,4)5)30(33)27-25-23-21-19-15-13-11-9-7-2;/h31H,6-29H2,1-5H3;1H/q+1;/p-1. The van der Waals surface area contributed by atoms with Crippen LogP contribution in [0.2, 0.25) is 0 Å². The maximum Gasteiger partial charge on any atom is 0.167 e. The van der Waals surface area contributed by atoms with Crippen LogP contribution in [0.5, 0.6) is 0 Å². The first kappa shape index (κ1) is 37.0. The number of unbranched alkanes of at least 4 members (excludes halogenated alkanes) is 19. The van der Waals surface area contributed by atoms with E-state index in [2.05, 4.69) is 35.0 Å². The first-order chi connectivity index (χ1) is 16.4. The monoisotopic (exact) mass is 517 g/mol. The molecule has 0 saturated carbocycles. The third-order valence-corrected chi connectivity index (χ3v) is 6.92. The van der Waals surface area contributed by atoms with Crippen LogP contribution in [-0.2, 0) is 9.53 Å². The van der Waals surface area contributed by atoms with Crippen molar-refractivity contribution in [3.63, 3.8) is 0 Å². The summed E-state index contributed by atoms with van der Waals surface area (Å²) in [5, 5.41) is 0. The Labute approximate surface area is 227 Å². The Morgan fingerprint density at radius 3 is 1.29 bits per heavy atom. The molecule has 0 N–H and O–H groups in total. The third-order valence-electron chi connectivity index (χ3n) is 6.92. The summed E-state index contributed by atoms with van der Waals surface area (Å²) in [7, 11) is 6.48. The smallest absolute Gasteiger partial charge is 0.167 e. The highest BCUT2D eigenvalue weighted by atomic mass is 35.5. The third kappa shape index (κ3) is 28.3. The zero-order valence-corrected chi connectivity index (χ0v) is 25.4. The molecule has 0 rings (SSSR count). The molecule has 1 unspecified atom stereocenters. The van der Waals surface area contributed by atoms with Gasteiger partial charge in [-0.1, -0.05) is 136 Å². The molecule has 4 heteroatoms. The second kappa shape index (κ2) is 26.9. The van der Waals surface area contributed by atoms with Gasteiger partial charge in [-0.25, -0.2) is 0 Å². The Bertz CT molecular complexity index is 436. The summed E-state index contributed by atoms with van der Waals surface area (Å²) in [6.07, 6.45) is 28.3. The van der Waals surface area contributed by atoms with Crippen LogP contribution in [0.15, 0.2) is 0 Å². The van der Waals surface area contributed by atoms with Crippen molar-refractivity contribution in [2.75, 3.05) is 34.3 Å². The summed E-state index contributed by atoms with van der Waals surface area (Å²) < 4.78 is 6.92. The second-order valence-electron chi connectivity index (χ2n) is 11.8. The van der Waals surface area contributed by atoms with Gasteiger partial charge in [-0.05, 0) is 12.8 Å². The molecule has 212 valence electrons. The Kier molecular flexibility index (Phi) is 28.5. The number of hydrogen-bond donors (Lipinski definition) is 0. The van der Waals surface area contributed by atoms with E-state index in [1.54, 1.807) is 0 Å². The van der Waals surface area contributed by atoms with E-state index < -0.39 is 0 Å². The zero-order valence-electron chi connectivity index (χ0n) is 24.7. The van der Waals surface area contributed by atoms with Gasteiger partial charge in [-0.15, -0.1) is 0 Å².